The number of hydrogen-bond donors (Lipinski definition) is 0. The van der Waals surface area contributed by atoms with Crippen molar-refractivity contribution >= 4 is 45.5 Å². The summed E-state index contributed by atoms with van der Waals surface area (Å²) in [6, 6.07) is 13.0. The van der Waals surface area contributed by atoms with Crippen LogP contribution in [0.4, 0.5) is 0 Å². The molecule has 0 bridgehead atoms. The molecule has 7 heteroatoms. The number of thiophene rings is 1. The van der Waals surface area contributed by atoms with Crippen molar-refractivity contribution in [3.05, 3.63) is 87.1 Å². The molecule has 1 aromatic carbocycles. The normalized spacial score (nSPS) is 16.4. The molecule has 0 fully saturated rings. The third-order valence-electron chi connectivity index (χ3n) is 5.01. The van der Waals surface area contributed by atoms with E-state index < -0.39 is 0 Å². The maximum atomic E-state index is 13.1. The number of hydrazone groups is 1. The van der Waals surface area contributed by atoms with Gasteiger partial charge in [0.25, 0.3) is 0 Å². The molecule has 1 aliphatic heterocycles. The minimum Gasteiger partial charge on any atom is -0.459 e. The van der Waals surface area contributed by atoms with Gasteiger partial charge >= 0.3 is 5.91 Å². The van der Waals surface area contributed by atoms with E-state index in [1.165, 1.54) is 11.3 Å². The first-order valence-corrected chi connectivity index (χ1v) is 10.5. The third kappa shape index (κ3) is 3.24. The van der Waals surface area contributed by atoms with Crippen molar-refractivity contribution in [2.75, 3.05) is 0 Å². The van der Waals surface area contributed by atoms with Gasteiger partial charge in [-0.05, 0) is 54.1 Å². The van der Waals surface area contributed by atoms with Crippen molar-refractivity contribution in [2.45, 2.75) is 19.4 Å². The predicted molar refractivity (Wildman–Crippen MR) is 115 cm³/mol. The van der Waals surface area contributed by atoms with Gasteiger partial charge in [-0.1, -0.05) is 23.2 Å². The van der Waals surface area contributed by atoms with Crippen LogP contribution in [0.2, 0.25) is 5.15 Å². The molecular weight excluding hydrogens is 406 g/mol. The number of rotatable bonds is 3. The number of carbonyl (C=O) groups is 1. The van der Waals surface area contributed by atoms with Crippen molar-refractivity contribution in [2.24, 2.45) is 5.10 Å². The van der Waals surface area contributed by atoms with Crippen LogP contribution in [0.3, 0.4) is 0 Å². The number of nitrogens with zero attached hydrogens (tertiary/aromatic N) is 3. The highest BCUT2D eigenvalue weighted by Crippen LogP contribution is 2.38. The van der Waals surface area contributed by atoms with Crippen molar-refractivity contribution in [1.29, 1.82) is 0 Å². The van der Waals surface area contributed by atoms with Crippen molar-refractivity contribution in [1.82, 2.24) is 9.99 Å². The van der Waals surface area contributed by atoms with Crippen LogP contribution in [0.25, 0.3) is 10.9 Å². The summed E-state index contributed by atoms with van der Waals surface area (Å²) < 4.78 is 5.33. The topological polar surface area (TPSA) is 58.7 Å². The number of amides is 1. The lowest BCUT2D eigenvalue weighted by molar-refractivity contribution is 0.0678. The van der Waals surface area contributed by atoms with Crippen LogP contribution in [-0.4, -0.2) is 21.6 Å². The van der Waals surface area contributed by atoms with Crippen molar-refractivity contribution < 1.29 is 9.21 Å². The molecule has 0 radical (unpaired) electrons. The van der Waals surface area contributed by atoms with Crippen LogP contribution in [0.5, 0.6) is 0 Å². The second-order valence-corrected chi connectivity index (χ2v) is 8.11. The van der Waals surface area contributed by atoms with Gasteiger partial charge in [0.1, 0.15) is 5.15 Å². The predicted octanol–water partition coefficient (Wildman–Crippen LogP) is 5.84. The van der Waals surface area contributed by atoms with Crippen LogP contribution >= 0.6 is 22.9 Å². The Balaban J connectivity index is 1.61. The first kappa shape index (κ1) is 18.1. The summed E-state index contributed by atoms with van der Waals surface area (Å²) in [6.07, 6.45) is 2.04. The molecule has 0 saturated heterocycles. The van der Waals surface area contributed by atoms with Crippen LogP contribution in [0, 0.1) is 6.92 Å². The fraction of sp³-hybridized carbons (Fsp3) is 0.136. The molecule has 0 aliphatic carbocycles. The monoisotopic (exact) mass is 421 g/mol. The Morgan fingerprint density at radius 1 is 1.28 bits per heavy atom. The van der Waals surface area contributed by atoms with Crippen LogP contribution in [-0.2, 0) is 0 Å². The Bertz CT molecular complexity index is 1230. The second kappa shape index (κ2) is 7.13. The fourth-order valence-electron chi connectivity index (χ4n) is 3.58. The average Bonchev–Trinajstić information content (AvgIpc) is 3.48. The van der Waals surface area contributed by atoms with E-state index in [9.17, 15) is 4.79 Å². The summed E-state index contributed by atoms with van der Waals surface area (Å²) in [6.45, 7) is 2.04. The van der Waals surface area contributed by atoms with Crippen LogP contribution in [0.1, 0.15) is 39.7 Å². The summed E-state index contributed by atoms with van der Waals surface area (Å²) in [5, 5.41) is 11.5. The maximum absolute atomic E-state index is 13.1. The lowest BCUT2D eigenvalue weighted by Gasteiger charge is -2.22. The van der Waals surface area contributed by atoms with Crippen LogP contribution in [0.15, 0.2) is 69.0 Å². The highest BCUT2D eigenvalue weighted by molar-refractivity contribution is 7.08. The molecule has 0 N–H and O–H groups in total. The number of aryl methyl sites for hydroxylation is 1. The number of pyridine rings is 1. The Hall–Kier alpha value is -2.96. The molecule has 144 valence electrons. The Morgan fingerprint density at radius 2 is 2.17 bits per heavy atom. The van der Waals surface area contributed by atoms with E-state index >= 15 is 0 Å². The average molecular weight is 422 g/mol. The molecule has 3 aromatic heterocycles. The van der Waals surface area contributed by atoms with E-state index in [-0.39, 0.29) is 17.7 Å². The van der Waals surface area contributed by atoms with E-state index in [2.05, 4.69) is 16.2 Å². The van der Waals surface area contributed by atoms with E-state index in [0.29, 0.717) is 11.6 Å². The quantitative estimate of drug-likeness (QED) is 0.390. The SMILES string of the molecule is Cc1ccc2nc(Cl)c([C@@H]3CC(c4ccsc4)=NN3C(=O)c3ccco3)cc2c1. The third-order valence-corrected chi connectivity index (χ3v) is 6.00. The number of fused-ring (bicyclic) bond motifs is 1. The Labute approximate surface area is 176 Å². The van der Waals surface area contributed by atoms with Crippen molar-refractivity contribution in [3.63, 3.8) is 0 Å². The molecule has 1 amide bonds. The van der Waals surface area contributed by atoms with E-state index in [0.717, 1.165) is 33.3 Å². The van der Waals surface area contributed by atoms with Gasteiger partial charge in [-0.3, -0.25) is 4.79 Å². The minimum atomic E-state index is -0.354. The highest BCUT2D eigenvalue weighted by Gasteiger charge is 2.36. The van der Waals surface area contributed by atoms with Gasteiger partial charge in [0.2, 0.25) is 0 Å². The smallest absolute Gasteiger partial charge is 0.310 e. The summed E-state index contributed by atoms with van der Waals surface area (Å²) in [7, 11) is 0. The molecule has 0 saturated carbocycles. The number of carbonyl (C=O) groups excluding carboxylic acids is 1. The van der Waals surface area contributed by atoms with E-state index in [4.69, 9.17) is 16.0 Å². The molecule has 5 nitrogen and oxygen atoms in total. The summed E-state index contributed by atoms with van der Waals surface area (Å²) >= 11 is 8.17. The zero-order valence-electron chi connectivity index (χ0n) is 15.5. The van der Waals surface area contributed by atoms with E-state index in [1.54, 1.807) is 23.5 Å². The van der Waals surface area contributed by atoms with E-state index in [1.807, 2.05) is 41.9 Å². The molecule has 1 aliphatic rings. The lowest BCUT2D eigenvalue weighted by atomic mass is 9.99. The molecule has 0 spiro atoms. The standard InChI is InChI=1S/C22H16ClN3O2S/c1-13-4-5-17-15(9-13)10-16(21(23)24-17)19-11-18(14-6-8-29-12-14)25-26(19)22(27)20-3-2-7-28-20/h2-10,12,19H,11H2,1H3/t19-/m0/s1. The summed E-state index contributed by atoms with van der Waals surface area (Å²) in [5.74, 6) is -0.0586. The zero-order chi connectivity index (χ0) is 20.0. The number of hydrogen-bond acceptors (Lipinski definition) is 5. The number of furan rings is 1. The minimum absolute atomic E-state index is 0.242. The Morgan fingerprint density at radius 3 is 2.93 bits per heavy atom. The number of halogens is 1. The van der Waals surface area contributed by atoms with Gasteiger partial charge in [0, 0.05) is 22.9 Å². The molecule has 4 aromatic rings. The van der Waals surface area contributed by atoms with Gasteiger partial charge < -0.3 is 4.42 Å². The number of aromatic nitrogens is 1. The molecular formula is C22H16ClN3O2S. The Kier molecular flexibility index (Phi) is 4.45. The molecule has 5 rings (SSSR count). The summed E-state index contributed by atoms with van der Waals surface area (Å²) in [4.78, 5) is 17.7. The van der Waals surface area contributed by atoms with Gasteiger partial charge in [-0.25, -0.2) is 9.99 Å². The lowest BCUT2D eigenvalue weighted by Crippen LogP contribution is -2.27. The zero-order valence-corrected chi connectivity index (χ0v) is 17.1. The largest absolute Gasteiger partial charge is 0.459 e. The van der Waals surface area contributed by atoms with Gasteiger partial charge in [-0.15, -0.1) is 0 Å². The molecule has 29 heavy (non-hydrogen) atoms. The first-order chi connectivity index (χ1) is 14.1. The van der Waals surface area contributed by atoms with Gasteiger partial charge in [-0.2, -0.15) is 16.4 Å². The molecule has 1 atom stereocenters. The van der Waals surface area contributed by atoms with Gasteiger partial charge in [0.05, 0.1) is 23.5 Å². The number of benzene rings is 1. The van der Waals surface area contributed by atoms with Crippen molar-refractivity contribution in [3.8, 4) is 0 Å². The maximum Gasteiger partial charge on any atom is 0.310 e. The highest BCUT2D eigenvalue weighted by atomic mass is 35.5. The fourth-order valence-corrected chi connectivity index (χ4v) is 4.52. The molecule has 0 unspecified atom stereocenters. The summed E-state index contributed by atoms with van der Waals surface area (Å²) in [5.41, 5.74) is 4.59. The van der Waals surface area contributed by atoms with Gasteiger partial charge in [0.15, 0.2) is 5.76 Å². The molecule has 4 heterocycles. The van der Waals surface area contributed by atoms with Crippen LogP contribution < -0.4 is 0 Å². The first-order valence-electron chi connectivity index (χ1n) is 9.14. The second-order valence-electron chi connectivity index (χ2n) is 6.97.